The lowest BCUT2D eigenvalue weighted by Crippen LogP contribution is -1.93. The first-order valence-electron chi connectivity index (χ1n) is 12.3. The number of fused-ring (bicyclic) bond motifs is 7. The van der Waals surface area contributed by atoms with Gasteiger partial charge in [-0.25, -0.2) is 4.98 Å². The molecule has 0 saturated carbocycles. The van der Waals surface area contributed by atoms with Crippen LogP contribution in [-0.4, -0.2) is 19.1 Å². The summed E-state index contributed by atoms with van der Waals surface area (Å²) in [7, 11) is 0. The first kappa shape index (κ1) is 20.1. The Morgan fingerprint density at radius 2 is 1.14 bits per heavy atom. The number of hydrogen-bond donors (Lipinski definition) is 0. The third kappa shape index (κ3) is 2.85. The van der Waals surface area contributed by atoms with E-state index in [1.165, 1.54) is 32.6 Å². The molecule has 0 aliphatic heterocycles. The zero-order valence-corrected chi connectivity index (χ0v) is 19.7. The highest BCUT2D eigenvalue weighted by molar-refractivity contribution is 6.28. The lowest BCUT2D eigenvalue weighted by molar-refractivity contribution is 0.552. The van der Waals surface area contributed by atoms with Gasteiger partial charge >= 0.3 is 0 Å². The first-order chi connectivity index (χ1) is 18.4. The molecule has 8 aromatic rings. The number of nitrogens with zero attached hydrogens (tertiary/aromatic N) is 4. The molecule has 4 aromatic heterocycles. The molecule has 0 amide bonds. The lowest BCUT2D eigenvalue weighted by Gasteiger charge is -2.07. The SMILES string of the molecule is c1ccc(-n2c3ccccc3c3c4c5ccccc5n(-c5cnc(-c6ccccn6)o5)c4ccc32)cc1. The third-order valence-electron chi connectivity index (χ3n) is 7.08. The van der Waals surface area contributed by atoms with E-state index in [0.29, 0.717) is 17.5 Å². The van der Waals surface area contributed by atoms with Crippen LogP contribution in [0.4, 0.5) is 0 Å². The minimum absolute atomic E-state index is 0.503. The molecule has 5 heteroatoms. The van der Waals surface area contributed by atoms with Crippen molar-refractivity contribution in [2.75, 3.05) is 0 Å². The average molecular weight is 477 g/mol. The predicted molar refractivity (Wildman–Crippen MR) is 148 cm³/mol. The number of oxazole rings is 1. The Labute approximate surface area is 211 Å². The minimum atomic E-state index is 0.503. The van der Waals surface area contributed by atoms with Gasteiger partial charge in [0.2, 0.25) is 11.8 Å². The second kappa shape index (κ2) is 7.67. The Balaban J connectivity index is 1.50. The normalized spacial score (nSPS) is 11.8. The van der Waals surface area contributed by atoms with E-state index >= 15 is 0 Å². The van der Waals surface area contributed by atoms with Crippen molar-refractivity contribution in [2.45, 2.75) is 0 Å². The summed E-state index contributed by atoms with van der Waals surface area (Å²) >= 11 is 0. The van der Waals surface area contributed by atoms with E-state index < -0.39 is 0 Å². The zero-order valence-electron chi connectivity index (χ0n) is 19.7. The van der Waals surface area contributed by atoms with Crippen molar-refractivity contribution in [3.05, 3.63) is 122 Å². The van der Waals surface area contributed by atoms with Crippen LogP contribution in [0.25, 0.3) is 66.8 Å². The number of hydrogen-bond acceptors (Lipinski definition) is 3. The Kier molecular flexibility index (Phi) is 4.16. The Hall–Kier alpha value is -5.16. The zero-order chi connectivity index (χ0) is 24.3. The Morgan fingerprint density at radius 1 is 0.514 bits per heavy atom. The fourth-order valence-electron chi connectivity index (χ4n) is 5.59. The van der Waals surface area contributed by atoms with Gasteiger partial charge in [-0.05, 0) is 48.5 Å². The second-order valence-corrected chi connectivity index (χ2v) is 9.11. The molecule has 0 aliphatic rings. The maximum absolute atomic E-state index is 6.29. The Bertz CT molecular complexity index is 2080. The monoisotopic (exact) mass is 476 g/mol. The molecule has 37 heavy (non-hydrogen) atoms. The lowest BCUT2D eigenvalue weighted by atomic mass is 10.1. The minimum Gasteiger partial charge on any atom is -0.418 e. The van der Waals surface area contributed by atoms with Crippen LogP contribution in [0.2, 0.25) is 0 Å². The number of pyridine rings is 1. The van der Waals surface area contributed by atoms with Gasteiger partial charge in [0.15, 0.2) is 0 Å². The van der Waals surface area contributed by atoms with Crippen LogP contribution in [-0.2, 0) is 0 Å². The molecule has 0 saturated heterocycles. The van der Waals surface area contributed by atoms with E-state index in [9.17, 15) is 0 Å². The van der Waals surface area contributed by atoms with Crippen molar-refractivity contribution in [3.63, 3.8) is 0 Å². The molecule has 0 bridgehead atoms. The van der Waals surface area contributed by atoms with Gasteiger partial charge in [-0.2, -0.15) is 0 Å². The van der Waals surface area contributed by atoms with Gasteiger partial charge < -0.3 is 8.98 Å². The smallest absolute Gasteiger partial charge is 0.247 e. The molecule has 174 valence electrons. The summed E-state index contributed by atoms with van der Waals surface area (Å²) in [6.07, 6.45) is 3.53. The fourth-order valence-corrected chi connectivity index (χ4v) is 5.59. The van der Waals surface area contributed by atoms with Crippen molar-refractivity contribution < 1.29 is 4.42 Å². The highest BCUT2D eigenvalue weighted by Gasteiger charge is 2.21. The molecule has 4 aromatic carbocycles. The summed E-state index contributed by atoms with van der Waals surface area (Å²) in [5, 5.41) is 4.84. The average Bonchev–Trinajstić information content (AvgIpc) is 3.66. The number of rotatable bonds is 3. The first-order valence-corrected chi connectivity index (χ1v) is 12.3. The summed E-state index contributed by atoms with van der Waals surface area (Å²) in [5.74, 6) is 1.17. The summed E-state index contributed by atoms with van der Waals surface area (Å²) < 4.78 is 10.8. The molecule has 0 radical (unpaired) electrons. The summed E-state index contributed by atoms with van der Waals surface area (Å²) in [4.78, 5) is 8.96. The van der Waals surface area contributed by atoms with Crippen molar-refractivity contribution in [3.8, 4) is 23.2 Å². The molecule has 0 fully saturated rings. The van der Waals surface area contributed by atoms with Gasteiger partial charge in [0.05, 0.1) is 28.3 Å². The van der Waals surface area contributed by atoms with Crippen LogP contribution < -0.4 is 0 Å². The molecule has 0 aliphatic carbocycles. The van der Waals surface area contributed by atoms with E-state index in [2.05, 4.69) is 110 Å². The molecular weight excluding hydrogens is 456 g/mol. The topological polar surface area (TPSA) is 48.8 Å². The fraction of sp³-hybridized carbons (Fsp3) is 0. The highest BCUT2D eigenvalue weighted by Crippen LogP contribution is 2.42. The second-order valence-electron chi connectivity index (χ2n) is 9.11. The van der Waals surface area contributed by atoms with Crippen LogP contribution in [0.15, 0.2) is 126 Å². The summed E-state index contributed by atoms with van der Waals surface area (Å²) in [6, 6.07) is 37.8. The van der Waals surface area contributed by atoms with Crippen LogP contribution >= 0.6 is 0 Å². The third-order valence-corrected chi connectivity index (χ3v) is 7.08. The van der Waals surface area contributed by atoms with Crippen LogP contribution in [0.1, 0.15) is 0 Å². The van der Waals surface area contributed by atoms with E-state index in [4.69, 9.17) is 4.42 Å². The standard InChI is InChI=1S/C32H20N4O/c1-2-10-21(11-3-1)35-25-15-6-4-12-22(25)30-27(35)17-18-28-31(30)23-13-5-7-16-26(23)36(28)29-20-34-32(37-29)24-14-8-9-19-33-24/h1-20H. The number of benzene rings is 4. The summed E-state index contributed by atoms with van der Waals surface area (Å²) in [6.45, 7) is 0. The van der Waals surface area contributed by atoms with Gasteiger partial charge in [0.1, 0.15) is 5.69 Å². The van der Waals surface area contributed by atoms with Crippen LogP contribution in [0.3, 0.4) is 0 Å². The quantitative estimate of drug-likeness (QED) is 0.260. The van der Waals surface area contributed by atoms with Gasteiger partial charge in [-0.15, -0.1) is 0 Å². The largest absolute Gasteiger partial charge is 0.418 e. The summed E-state index contributed by atoms with van der Waals surface area (Å²) in [5.41, 5.74) is 6.37. The highest BCUT2D eigenvalue weighted by atomic mass is 16.4. The molecule has 8 rings (SSSR count). The molecule has 0 atom stereocenters. The number of aromatic nitrogens is 4. The predicted octanol–water partition coefficient (Wildman–Crippen LogP) is 7.93. The van der Waals surface area contributed by atoms with E-state index in [0.717, 1.165) is 16.7 Å². The molecule has 0 unspecified atom stereocenters. The molecule has 0 N–H and O–H groups in total. The van der Waals surface area contributed by atoms with E-state index in [1.807, 2.05) is 18.2 Å². The van der Waals surface area contributed by atoms with Crippen molar-refractivity contribution >= 4 is 43.6 Å². The van der Waals surface area contributed by atoms with E-state index in [-0.39, 0.29) is 0 Å². The van der Waals surface area contributed by atoms with Crippen LogP contribution in [0, 0.1) is 0 Å². The van der Waals surface area contributed by atoms with Gasteiger partial charge in [-0.3, -0.25) is 9.55 Å². The Morgan fingerprint density at radius 3 is 1.84 bits per heavy atom. The molecular formula is C32H20N4O. The van der Waals surface area contributed by atoms with Crippen molar-refractivity contribution in [2.24, 2.45) is 0 Å². The molecule has 5 nitrogen and oxygen atoms in total. The maximum atomic E-state index is 6.29. The molecule has 0 spiro atoms. The maximum Gasteiger partial charge on any atom is 0.247 e. The van der Waals surface area contributed by atoms with E-state index in [1.54, 1.807) is 12.4 Å². The van der Waals surface area contributed by atoms with Gasteiger partial charge in [0, 0.05) is 33.4 Å². The van der Waals surface area contributed by atoms with Gasteiger partial charge in [0.25, 0.3) is 0 Å². The number of para-hydroxylation sites is 3. The van der Waals surface area contributed by atoms with Crippen molar-refractivity contribution in [1.29, 1.82) is 0 Å². The molecule has 4 heterocycles. The van der Waals surface area contributed by atoms with Crippen molar-refractivity contribution in [1.82, 2.24) is 19.1 Å². The van der Waals surface area contributed by atoms with Gasteiger partial charge in [-0.1, -0.05) is 60.7 Å². The van der Waals surface area contributed by atoms with Crippen LogP contribution in [0.5, 0.6) is 0 Å².